The van der Waals surface area contributed by atoms with Crippen LogP contribution in [0.1, 0.15) is 11.1 Å². The first-order valence-corrected chi connectivity index (χ1v) is 15.3. The predicted molar refractivity (Wildman–Crippen MR) is 178 cm³/mol. The standard InChI is InChI=1S/C38H20N2S2/c39-21-23-12-17-35-33(18-23)38-29(9-5-11-36(38)41-35)24-13-15-28(32(19-24)27-7-2-1-6-26(27)22-40)25-14-16-31-30-8-3-4-10-34(30)42-37(31)20-25/h1-20H. The maximum atomic E-state index is 10.1. The minimum Gasteiger partial charge on any atom is -0.192 e. The molecule has 0 saturated carbocycles. The van der Waals surface area contributed by atoms with Gasteiger partial charge in [-0.15, -0.1) is 22.7 Å². The van der Waals surface area contributed by atoms with Gasteiger partial charge in [0.2, 0.25) is 0 Å². The quantitative estimate of drug-likeness (QED) is 0.213. The molecule has 0 saturated heterocycles. The number of rotatable bonds is 3. The van der Waals surface area contributed by atoms with Gasteiger partial charge in [-0.2, -0.15) is 10.5 Å². The fourth-order valence-corrected chi connectivity index (χ4v) is 8.29. The third kappa shape index (κ3) is 3.82. The van der Waals surface area contributed by atoms with Gasteiger partial charge in [-0.25, -0.2) is 0 Å². The molecule has 0 aliphatic carbocycles. The molecule has 0 radical (unpaired) electrons. The summed E-state index contributed by atoms with van der Waals surface area (Å²) in [6.45, 7) is 0. The lowest BCUT2D eigenvalue weighted by molar-refractivity contribution is 1.48. The molecule has 8 rings (SSSR count). The molecule has 0 N–H and O–H groups in total. The number of nitriles is 2. The van der Waals surface area contributed by atoms with E-state index in [0.29, 0.717) is 11.1 Å². The van der Waals surface area contributed by atoms with Gasteiger partial charge in [0.05, 0.1) is 23.3 Å². The van der Waals surface area contributed by atoms with Crippen molar-refractivity contribution in [1.82, 2.24) is 0 Å². The van der Waals surface area contributed by atoms with Crippen molar-refractivity contribution < 1.29 is 0 Å². The van der Waals surface area contributed by atoms with Crippen LogP contribution in [0.15, 0.2) is 121 Å². The minimum absolute atomic E-state index is 0.650. The van der Waals surface area contributed by atoms with Crippen LogP contribution in [0.4, 0.5) is 0 Å². The Kier molecular flexibility index (Phi) is 5.66. The van der Waals surface area contributed by atoms with Gasteiger partial charge in [0.15, 0.2) is 0 Å². The van der Waals surface area contributed by atoms with E-state index in [1.165, 1.54) is 29.6 Å². The molecule has 6 aromatic carbocycles. The van der Waals surface area contributed by atoms with Crippen LogP contribution in [0.5, 0.6) is 0 Å². The second-order valence-corrected chi connectivity index (χ2v) is 12.5. The highest BCUT2D eigenvalue weighted by molar-refractivity contribution is 7.26. The fraction of sp³-hybridized carbons (Fsp3) is 0. The maximum absolute atomic E-state index is 10.1. The average molecular weight is 569 g/mol. The summed E-state index contributed by atoms with van der Waals surface area (Å²) in [5.41, 5.74) is 7.68. The SMILES string of the molecule is N#Cc1ccc2sc3cccc(-c4ccc(-c5ccc6c(c5)sc5ccccc56)c(-c5ccccc5C#N)c4)c3c2c1. The van der Waals surface area contributed by atoms with E-state index in [-0.39, 0.29) is 0 Å². The number of benzene rings is 6. The van der Waals surface area contributed by atoms with Crippen molar-refractivity contribution in [1.29, 1.82) is 10.5 Å². The Balaban J connectivity index is 1.39. The number of hydrogen-bond acceptors (Lipinski definition) is 4. The molecule has 0 atom stereocenters. The number of fused-ring (bicyclic) bond motifs is 6. The van der Waals surface area contributed by atoms with Crippen LogP contribution < -0.4 is 0 Å². The van der Waals surface area contributed by atoms with Crippen molar-refractivity contribution >= 4 is 63.0 Å². The summed E-state index contributed by atoms with van der Waals surface area (Å²) < 4.78 is 4.89. The summed E-state index contributed by atoms with van der Waals surface area (Å²) >= 11 is 3.56. The Labute approximate surface area is 250 Å². The highest BCUT2D eigenvalue weighted by atomic mass is 32.1. The lowest BCUT2D eigenvalue weighted by Crippen LogP contribution is -1.91. The van der Waals surface area contributed by atoms with E-state index in [1.807, 2.05) is 53.8 Å². The highest BCUT2D eigenvalue weighted by Gasteiger charge is 2.17. The zero-order chi connectivity index (χ0) is 28.2. The number of hydrogen-bond donors (Lipinski definition) is 0. The summed E-state index contributed by atoms with van der Waals surface area (Å²) in [6.07, 6.45) is 0. The van der Waals surface area contributed by atoms with Crippen molar-refractivity contribution in [3.05, 3.63) is 132 Å². The second kappa shape index (κ2) is 9.68. The van der Waals surface area contributed by atoms with E-state index in [2.05, 4.69) is 91.0 Å². The number of thiophene rings is 2. The molecule has 2 nitrogen and oxygen atoms in total. The van der Waals surface area contributed by atoms with Gasteiger partial charge in [0.25, 0.3) is 0 Å². The molecule has 2 aromatic heterocycles. The molecular weight excluding hydrogens is 549 g/mol. The van der Waals surface area contributed by atoms with Crippen LogP contribution in [-0.2, 0) is 0 Å². The Morgan fingerprint density at radius 3 is 2.05 bits per heavy atom. The molecule has 0 fully saturated rings. The largest absolute Gasteiger partial charge is 0.192 e. The lowest BCUT2D eigenvalue weighted by atomic mass is 9.88. The van der Waals surface area contributed by atoms with Crippen molar-refractivity contribution in [3.8, 4) is 45.5 Å². The minimum atomic E-state index is 0.650. The Morgan fingerprint density at radius 1 is 0.429 bits per heavy atom. The van der Waals surface area contributed by atoms with Crippen molar-refractivity contribution in [2.75, 3.05) is 0 Å². The van der Waals surface area contributed by atoms with Gasteiger partial charge in [-0.1, -0.05) is 72.8 Å². The van der Waals surface area contributed by atoms with Crippen LogP contribution in [0, 0.1) is 22.7 Å². The summed E-state index contributed by atoms with van der Waals surface area (Å²) in [7, 11) is 0. The van der Waals surface area contributed by atoms with Gasteiger partial charge in [0, 0.05) is 45.9 Å². The predicted octanol–water partition coefficient (Wildman–Crippen LogP) is 11.2. The van der Waals surface area contributed by atoms with Gasteiger partial charge in [-0.3, -0.25) is 0 Å². The third-order valence-electron chi connectivity index (χ3n) is 7.98. The molecule has 0 spiro atoms. The Bertz CT molecular complexity index is 2450. The molecule has 0 aliphatic rings. The second-order valence-electron chi connectivity index (χ2n) is 10.3. The number of nitrogens with zero attached hydrogens (tertiary/aromatic N) is 2. The third-order valence-corrected chi connectivity index (χ3v) is 10.3. The van der Waals surface area contributed by atoms with Crippen LogP contribution in [-0.4, -0.2) is 0 Å². The average Bonchev–Trinajstić information content (AvgIpc) is 3.61. The molecule has 0 aliphatic heterocycles. The first-order valence-electron chi connectivity index (χ1n) is 13.6. The summed E-state index contributed by atoms with van der Waals surface area (Å²) in [5, 5.41) is 24.4. The van der Waals surface area contributed by atoms with Gasteiger partial charge in [-0.05, 0) is 76.3 Å². The topological polar surface area (TPSA) is 47.6 Å². The molecule has 0 amide bonds. The normalized spacial score (nSPS) is 11.3. The van der Waals surface area contributed by atoms with E-state index >= 15 is 0 Å². The maximum Gasteiger partial charge on any atom is 0.0998 e. The molecule has 8 aromatic rings. The molecule has 2 heterocycles. The van der Waals surface area contributed by atoms with Crippen LogP contribution >= 0.6 is 22.7 Å². The van der Waals surface area contributed by atoms with Crippen LogP contribution in [0.2, 0.25) is 0 Å². The van der Waals surface area contributed by atoms with Gasteiger partial charge < -0.3 is 0 Å². The lowest BCUT2D eigenvalue weighted by Gasteiger charge is -2.15. The van der Waals surface area contributed by atoms with E-state index < -0.39 is 0 Å². The molecule has 194 valence electrons. The molecular formula is C38H20N2S2. The molecule has 42 heavy (non-hydrogen) atoms. The molecule has 0 bridgehead atoms. The van der Waals surface area contributed by atoms with Crippen LogP contribution in [0.3, 0.4) is 0 Å². The van der Waals surface area contributed by atoms with E-state index in [9.17, 15) is 10.5 Å². The van der Waals surface area contributed by atoms with Crippen molar-refractivity contribution in [3.63, 3.8) is 0 Å². The summed E-state index contributed by atoms with van der Waals surface area (Å²) in [6, 6.07) is 46.8. The molecule has 4 heteroatoms. The monoisotopic (exact) mass is 568 g/mol. The van der Waals surface area contributed by atoms with E-state index in [1.54, 1.807) is 11.3 Å². The fourth-order valence-electron chi connectivity index (χ4n) is 6.03. The smallest absolute Gasteiger partial charge is 0.0998 e. The first-order chi connectivity index (χ1) is 20.7. The highest BCUT2D eigenvalue weighted by Crippen LogP contribution is 2.44. The Hall–Kier alpha value is -5.26. The summed E-state index contributed by atoms with van der Waals surface area (Å²) in [4.78, 5) is 0. The van der Waals surface area contributed by atoms with Crippen molar-refractivity contribution in [2.45, 2.75) is 0 Å². The Morgan fingerprint density at radius 2 is 1.14 bits per heavy atom. The zero-order valence-corrected chi connectivity index (χ0v) is 23.9. The molecule has 0 unspecified atom stereocenters. The van der Waals surface area contributed by atoms with Gasteiger partial charge in [0.1, 0.15) is 0 Å². The van der Waals surface area contributed by atoms with Crippen LogP contribution in [0.25, 0.3) is 73.7 Å². The van der Waals surface area contributed by atoms with E-state index in [0.717, 1.165) is 44.2 Å². The summed E-state index contributed by atoms with van der Waals surface area (Å²) in [5.74, 6) is 0. The zero-order valence-electron chi connectivity index (χ0n) is 22.3. The first kappa shape index (κ1) is 24.5. The van der Waals surface area contributed by atoms with Crippen molar-refractivity contribution in [2.24, 2.45) is 0 Å². The van der Waals surface area contributed by atoms with E-state index in [4.69, 9.17) is 0 Å². The van der Waals surface area contributed by atoms with Gasteiger partial charge >= 0.3 is 0 Å².